The zero-order chi connectivity index (χ0) is 21.7. The van der Waals surface area contributed by atoms with Crippen LogP contribution in [0.15, 0.2) is 42.5 Å². The molecule has 2 N–H and O–H groups in total. The van der Waals surface area contributed by atoms with Crippen molar-refractivity contribution in [2.45, 2.75) is 32.7 Å². The molecule has 0 spiro atoms. The molecule has 0 aromatic heterocycles. The molecule has 1 aliphatic rings. The number of benzene rings is 2. The number of amides is 2. The molecule has 0 unspecified atom stereocenters. The highest BCUT2D eigenvalue weighted by Gasteiger charge is 2.25. The van der Waals surface area contributed by atoms with Gasteiger partial charge in [0.05, 0.1) is 6.04 Å². The highest BCUT2D eigenvalue weighted by molar-refractivity contribution is 6.39. The number of anilines is 2. The molecule has 0 radical (unpaired) electrons. The molecule has 1 atom stereocenters. The minimum Gasteiger partial charge on any atom is -0.378 e. The predicted octanol–water partition coefficient (Wildman–Crippen LogP) is 3.26. The van der Waals surface area contributed by atoms with Gasteiger partial charge in [0.2, 0.25) is 0 Å². The van der Waals surface area contributed by atoms with Crippen LogP contribution in [0.5, 0.6) is 0 Å². The lowest BCUT2D eigenvalue weighted by atomic mass is 10.0. The van der Waals surface area contributed by atoms with Gasteiger partial charge in [-0.15, -0.1) is 0 Å². The molecule has 3 rings (SSSR count). The van der Waals surface area contributed by atoms with Crippen molar-refractivity contribution in [1.29, 1.82) is 0 Å². The third-order valence-corrected chi connectivity index (χ3v) is 5.80. The summed E-state index contributed by atoms with van der Waals surface area (Å²) in [4.78, 5) is 29.2. The lowest BCUT2D eigenvalue weighted by molar-refractivity contribution is -0.136. The van der Waals surface area contributed by atoms with Crippen molar-refractivity contribution < 1.29 is 9.59 Å². The fraction of sp³-hybridized carbons (Fsp3) is 0.417. The van der Waals surface area contributed by atoms with Gasteiger partial charge < -0.3 is 15.5 Å². The quantitative estimate of drug-likeness (QED) is 0.720. The Morgan fingerprint density at radius 1 is 0.967 bits per heavy atom. The fourth-order valence-corrected chi connectivity index (χ4v) is 3.78. The van der Waals surface area contributed by atoms with Gasteiger partial charge in [-0.3, -0.25) is 14.5 Å². The summed E-state index contributed by atoms with van der Waals surface area (Å²) < 4.78 is 0. The van der Waals surface area contributed by atoms with Crippen molar-refractivity contribution in [1.82, 2.24) is 10.2 Å². The largest absolute Gasteiger partial charge is 0.378 e. The Hall–Kier alpha value is -2.86. The second-order valence-electron chi connectivity index (χ2n) is 8.21. The summed E-state index contributed by atoms with van der Waals surface area (Å²) in [6.45, 7) is 6.40. The molecular weight excluding hydrogens is 376 g/mol. The smallest absolute Gasteiger partial charge is 0.313 e. The summed E-state index contributed by atoms with van der Waals surface area (Å²) >= 11 is 0. The molecule has 6 heteroatoms. The molecule has 2 aromatic rings. The highest BCUT2D eigenvalue weighted by Crippen LogP contribution is 2.26. The molecular formula is C24H32N4O2. The first-order valence-electron chi connectivity index (χ1n) is 10.5. The van der Waals surface area contributed by atoms with Crippen LogP contribution in [0, 0.1) is 13.8 Å². The van der Waals surface area contributed by atoms with Crippen LogP contribution in [-0.4, -0.2) is 50.4 Å². The molecule has 160 valence electrons. The number of hydrogen-bond acceptors (Lipinski definition) is 4. The Morgan fingerprint density at radius 3 is 2.23 bits per heavy atom. The molecule has 0 bridgehead atoms. The maximum atomic E-state index is 12.4. The number of nitrogens with zero attached hydrogens (tertiary/aromatic N) is 2. The van der Waals surface area contributed by atoms with Crippen molar-refractivity contribution in [3.05, 3.63) is 59.2 Å². The van der Waals surface area contributed by atoms with Gasteiger partial charge >= 0.3 is 11.8 Å². The first-order chi connectivity index (χ1) is 14.3. The van der Waals surface area contributed by atoms with Crippen LogP contribution in [0.4, 0.5) is 11.4 Å². The standard InChI is InChI=1S/C24H32N4O2/c1-17-7-10-20(15-18(17)2)26-24(30)23(29)25-16-22(28-13-5-6-14-28)19-8-11-21(12-9-19)27(3)4/h7-12,15,22H,5-6,13-14,16H2,1-4H3,(H,25,29)(H,26,30)/t22-/m1/s1. The number of carbonyl (C=O) groups excluding carboxylic acids is 2. The van der Waals surface area contributed by atoms with Gasteiger partial charge in [0.25, 0.3) is 0 Å². The maximum Gasteiger partial charge on any atom is 0.313 e. The van der Waals surface area contributed by atoms with E-state index in [9.17, 15) is 9.59 Å². The van der Waals surface area contributed by atoms with Crippen LogP contribution in [0.1, 0.15) is 35.6 Å². The summed E-state index contributed by atoms with van der Waals surface area (Å²) in [5.74, 6) is -1.25. The number of hydrogen-bond donors (Lipinski definition) is 2. The zero-order valence-corrected chi connectivity index (χ0v) is 18.4. The summed E-state index contributed by atoms with van der Waals surface area (Å²) in [5, 5.41) is 5.53. The van der Waals surface area contributed by atoms with E-state index < -0.39 is 11.8 Å². The number of rotatable bonds is 6. The zero-order valence-electron chi connectivity index (χ0n) is 18.4. The molecule has 0 aliphatic carbocycles. The van der Waals surface area contributed by atoms with Gasteiger partial charge in [-0.05, 0) is 80.7 Å². The Labute approximate surface area is 179 Å². The summed E-state index contributed by atoms with van der Waals surface area (Å²) in [6.07, 6.45) is 2.32. The van der Waals surface area contributed by atoms with E-state index in [1.54, 1.807) is 0 Å². The van der Waals surface area contributed by atoms with E-state index in [0.29, 0.717) is 12.2 Å². The second kappa shape index (κ2) is 9.76. The van der Waals surface area contributed by atoms with Crippen LogP contribution in [0.3, 0.4) is 0 Å². The van der Waals surface area contributed by atoms with E-state index in [1.165, 1.54) is 0 Å². The molecule has 1 fully saturated rings. The Balaban J connectivity index is 1.64. The Kier molecular flexibility index (Phi) is 7.11. The SMILES string of the molecule is Cc1ccc(NC(=O)C(=O)NC[C@H](c2ccc(N(C)C)cc2)N2CCCC2)cc1C. The van der Waals surface area contributed by atoms with Crippen molar-refractivity contribution >= 4 is 23.2 Å². The number of aryl methyl sites for hydroxylation is 2. The van der Waals surface area contributed by atoms with Gasteiger partial charge in [0.1, 0.15) is 0 Å². The maximum absolute atomic E-state index is 12.4. The van der Waals surface area contributed by atoms with Crippen LogP contribution in [-0.2, 0) is 9.59 Å². The molecule has 6 nitrogen and oxygen atoms in total. The fourth-order valence-electron chi connectivity index (χ4n) is 3.78. The number of nitrogens with one attached hydrogen (secondary N) is 2. The van der Waals surface area contributed by atoms with Crippen LogP contribution in [0.2, 0.25) is 0 Å². The van der Waals surface area contributed by atoms with E-state index in [4.69, 9.17) is 0 Å². The third-order valence-electron chi connectivity index (χ3n) is 5.80. The second-order valence-corrected chi connectivity index (χ2v) is 8.21. The number of carbonyl (C=O) groups is 2. The molecule has 30 heavy (non-hydrogen) atoms. The highest BCUT2D eigenvalue weighted by atomic mass is 16.2. The first-order valence-corrected chi connectivity index (χ1v) is 10.5. The molecule has 1 saturated heterocycles. The Morgan fingerprint density at radius 2 is 1.63 bits per heavy atom. The first kappa shape index (κ1) is 21.8. The monoisotopic (exact) mass is 408 g/mol. The van der Waals surface area contributed by atoms with E-state index in [2.05, 4.69) is 44.7 Å². The topological polar surface area (TPSA) is 64.7 Å². The molecule has 2 amide bonds. The molecule has 1 heterocycles. The third kappa shape index (κ3) is 5.39. The van der Waals surface area contributed by atoms with Gasteiger partial charge in [0, 0.05) is 32.0 Å². The summed E-state index contributed by atoms with van der Waals surface area (Å²) in [6, 6.07) is 14.1. The van der Waals surface area contributed by atoms with Gasteiger partial charge in [0.15, 0.2) is 0 Å². The lowest BCUT2D eigenvalue weighted by Crippen LogP contribution is -2.41. The summed E-state index contributed by atoms with van der Waals surface area (Å²) in [7, 11) is 4.03. The lowest BCUT2D eigenvalue weighted by Gasteiger charge is -2.28. The minimum atomic E-state index is -0.638. The van der Waals surface area contributed by atoms with Gasteiger partial charge in [-0.1, -0.05) is 18.2 Å². The van der Waals surface area contributed by atoms with E-state index in [-0.39, 0.29) is 6.04 Å². The number of likely N-dealkylation sites (tertiary alicyclic amines) is 1. The van der Waals surface area contributed by atoms with Crippen molar-refractivity contribution in [3.8, 4) is 0 Å². The molecule has 2 aromatic carbocycles. The van der Waals surface area contributed by atoms with Crippen molar-refractivity contribution in [2.24, 2.45) is 0 Å². The van der Waals surface area contributed by atoms with E-state index in [1.807, 2.05) is 46.1 Å². The molecule has 0 saturated carbocycles. The predicted molar refractivity (Wildman–Crippen MR) is 122 cm³/mol. The summed E-state index contributed by atoms with van der Waals surface area (Å²) in [5.41, 5.74) is 5.14. The van der Waals surface area contributed by atoms with Crippen molar-refractivity contribution in [2.75, 3.05) is 43.9 Å². The molecule has 1 aliphatic heterocycles. The van der Waals surface area contributed by atoms with Crippen molar-refractivity contribution in [3.63, 3.8) is 0 Å². The Bertz CT molecular complexity index is 887. The van der Waals surface area contributed by atoms with Gasteiger partial charge in [-0.25, -0.2) is 0 Å². The average Bonchev–Trinajstić information content (AvgIpc) is 3.25. The van der Waals surface area contributed by atoms with Gasteiger partial charge in [-0.2, -0.15) is 0 Å². The van der Waals surface area contributed by atoms with Crippen LogP contribution < -0.4 is 15.5 Å². The van der Waals surface area contributed by atoms with Crippen LogP contribution >= 0.6 is 0 Å². The van der Waals surface area contributed by atoms with Crippen LogP contribution in [0.25, 0.3) is 0 Å². The average molecular weight is 409 g/mol. The van der Waals surface area contributed by atoms with E-state index in [0.717, 1.165) is 48.3 Å². The van der Waals surface area contributed by atoms with E-state index >= 15 is 0 Å². The minimum absolute atomic E-state index is 0.0575. The normalized spacial score (nSPS) is 14.9.